The van der Waals surface area contributed by atoms with Gasteiger partial charge in [0.2, 0.25) is 0 Å². The van der Waals surface area contributed by atoms with E-state index < -0.39 is 5.91 Å². The number of hydrogen-bond acceptors (Lipinski definition) is 4. The number of aromatic nitrogens is 3. The second-order valence-electron chi connectivity index (χ2n) is 6.45. The van der Waals surface area contributed by atoms with Gasteiger partial charge in [0.15, 0.2) is 0 Å². The first-order valence-electron chi connectivity index (χ1n) is 8.67. The van der Waals surface area contributed by atoms with E-state index in [2.05, 4.69) is 15.6 Å². The molecule has 0 bridgehead atoms. The van der Waals surface area contributed by atoms with Crippen molar-refractivity contribution in [1.82, 2.24) is 19.8 Å². The Balaban J connectivity index is 1.77. The van der Waals surface area contributed by atoms with Crippen LogP contribution in [0.25, 0.3) is 5.69 Å². The molecule has 2 aromatic heterocycles. The van der Waals surface area contributed by atoms with Gasteiger partial charge in [0, 0.05) is 12.3 Å². The van der Waals surface area contributed by atoms with Crippen molar-refractivity contribution in [2.75, 3.05) is 0 Å². The van der Waals surface area contributed by atoms with E-state index in [-0.39, 0.29) is 12.1 Å². The first-order chi connectivity index (χ1) is 13.4. The molecular formula is C20H20ClN5O2. The Morgan fingerprint density at radius 2 is 2.04 bits per heavy atom. The van der Waals surface area contributed by atoms with Gasteiger partial charge in [0.05, 0.1) is 23.2 Å². The smallest absolute Gasteiger partial charge is 0.260 e. The van der Waals surface area contributed by atoms with Gasteiger partial charge in [-0.2, -0.15) is 10.2 Å². The summed E-state index contributed by atoms with van der Waals surface area (Å²) in [6, 6.07) is 10.7. The first kappa shape index (κ1) is 19.6. The molecule has 0 aliphatic carbocycles. The molecule has 0 radical (unpaired) electrons. The van der Waals surface area contributed by atoms with Crippen LogP contribution in [0.15, 0.2) is 52.5 Å². The highest BCUT2D eigenvalue weighted by molar-refractivity contribution is 6.32. The second kappa shape index (κ2) is 8.22. The number of amides is 1. The maximum absolute atomic E-state index is 12.0. The summed E-state index contributed by atoms with van der Waals surface area (Å²) in [5, 5.41) is 8.86. The minimum Gasteiger partial charge on any atom is -0.306 e. The fourth-order valence-electron chi connectivity index (χ4n) is 2.72. The summed E-state index contributed by atoms with van der Waals surface area (Å²) in [7, 11) is 0. The summed E-state index contributed by atoms with van der Waals surface area (Å²) in [6.07, 6.45) is 3.00. The highest BCUT2D eigenvalue weighted by Gasteiger charge is 2.15. The number of nitrogens with zero attached hydrogens (tertiary/aromatic N) is 4. The third-order valence-corrected chi connectivity index (χ3v) is 4.60. The maximum atomic E-state index is 12.0. The second-order valence-corrected chi connectivity index (χ2v) is 6.81. The van der Waals surface area contributed by atoms with E-state index in [9.17, 15) is 9.59 Å². The van der Waals surface area contributed by atoms with Crippen molar-refractivity contribution < 1.29 is 4.79 Å². The summed E-state index contributed by atoms with van der Waals surface area (Å²) in [4.78, 5) is 23.6. The van der Waals surface area contributed by atoms with E-state index in [0.29, 0.717) is 16.4 Å². The lowest BCUT2D eigenvalue weighted by Gasteiger charge is -2.08. The van der Waals surface area contributed by atoms with Gasteiger partial charge in [-0.05, 0) is 44.0 Å². The fraction of sp³-hybridized carbons (Fsp3) is 0.200. The minimum atomic E-state index is -0.416. The van der Waals surface area contributed by atoms with Gasteiger partial charge in [0.25, 0.3) is 11.5 Å². The minimum absolute atomic E-state index is 0.120. The summed E-state index contributed by atoms with van der Waals surface area (Å²) in [5.41, 5.74) is 6.48. The van der Waals surface area contributed by atoms with E-state index in [1.165, 1.54) is 16.8 Å². The lowest BCUT2D eigenvalue weighted by atomic mass is 10.1. The molecule has 0 fully saturated rings. The number of carbonyl (C=O) groups excluding carboxylic acids is 1. The molecule has 0 atom stereocenters. The van der Waals surface area contributed by atoms with Crippen molar-refractivity contribution in [3.8, 4) is 5.69 Å². The molecule has 0 saturated carbocycles. The molecule has 0 unspecified atom stereocenters. The number of nitrogens with one attached hydrogen (secondary N) is 1. The third kappa shape index (κ3) is 4.20. The highest BCUT2D eigenvalue weighted by atomic mass is 35.5. The lowest BCUT2D eigenvalue weighted by molar-refractivity contribution is -0.121. The van der Waals surface area contributed by atoms with Crippen LogP contribution in [-0.2, 0) is 11.3 Å². The molecule has 0 spiro atoms. The molecule has 3 aromatic rings. The summed E-state index contributed by atoms with van der Waals surface area (Å²) < 4.78 is 2.95. The SMILES string of the molecule is Cc1ccc(C)c(-n2nc(C)c(/C=N\NC(=O)Cn3ccccc3=O)c2Cl)c1. The Morgan fingerprint density at radius 3 is 2.79 bits per heavy atom. The normalized spacial score (nSPS) is 11.1. The van der Waals surface area contributed by atoms with Crippen LogP contribution in [-0.4, -0.2) is 26.5 Å². The number of carbonyl (C=O) groups is 1. The topological polar surface area (TPSA) is 81.3 Å². The summed E-state index contributed by atoms with van der Waals surface area (Å²) >= 11 is 6.51. The number of hydrogen-bond donors (Lipinski definition) is 1. The molecule has 3 rings (SSSR count). The molecule has 1 amide bonds. The van der Waals surface area contributed by atoms with Crippen molar-refractivity contribution >= 4 is 23.7 Å². The van der Waals surface area contributed by atoms with Crippen molar-refractivity contribution in [2.45, 2.75) is 27.3 Å². The first-order valence-corrected chi connectivity index (χ1v) is 9.04. The summed E-state index contributed by atoms with van der Waals surface area (Å²) in [6.45, 7) is 5.69. The van der Waals surface area contributed by atoms with Gasteiger partial charge >= 0.3 is 0 Å². The van der Waals surface area contributed by atoms with E-state index in [1.54, 1.807) is 23.0 Å². The molecule has 2 heterocycles. The zero-order chi connectivity index (χ0) is 20.3. The van der Waals surface area contributed by atoms with Gasteiger partial charge in [-0.15, -0.1) is 0 Å². The van der Waals surface area contributed by atoms with Crippen LogP contribution in [0.5, 0.6) is 0 Å². The molecule has 0 aliphatic rings. The van der Waals surface area contributed by atoms with Gasteiger partial charge in [0.1, 0.15) is 11.7 Å². The van der Waals surface area contributed by atoms with Gasteiger partial charge in [-0.3, -0.25) is 9.59 Å². The number of halogens is 1. The largest absolute Gasteiger partial charge is 0.306 e. The standard InChI is InChI=1S/C20H20ClN5O2/c1-13-7-8-14(2)17(10-13)26-20(21)16(15(3)24-26)11-22-23-18(27)12-25-9-5-4-6-19(25)28/h4-11H,12H2,1-3H3,(H,23,27)/b22-11-. The Morgan fingerprint density at radius 1 is 1.25 bits per heavy atom. The molecule has 144 valence electrons. The van der Waals surface area contributed by atoms with E-state index >= 15 is 0 Å². The van der Waals surface area contributed by atoms with E-state index in [0.717, 1.165) is 16.8 Å². The molecule has 28 heavy (non-hydrogen) atoms. The van der Waals surface area contributed by atoms with E-state index in [1.807, 2.05) is 39.0 Å². The van der Waals surface area contributed by atoms with Crippen molar-refractivity contribution in [3.05, 3.63) is 80.5 Å². The monoisotopic (exact) mass is 397 g/mol. The molecular weight excluding hydrogens is 378 g/mol. The van der Waals surface area contributed by atoms with Gasteiger partial charge in [-0.1, -0.05) is 29.8 Å². The van der Waals surface area contributed by atoms with E-state index in [4.69, 9.17) is 11.6 Å². The average Bonchev–Trinajstić information content (AvgIpc) is 2.93. The molecule has 1 N–H and O–H groups in total. The van der Waals surface area contributed by atoms with Crippen LogP contribution in [0.3, 0.4) is 0 Å². The van der Waals surface area contributed by atoms with Crippen LogP contribution < -0.4 is 11.0 Å². The molecule has 0 saturated heterocycles. The van der Waals surface area contributed by atoms with Crippen LogP contribution in [0.2, 0.25) is 5.15 Å². The maximum Gasteiger partial charge on any atom is 0.260 e. The number of benzene rings is 1. The van der Waals surface area contributed by atoms with Crippen LogP contribution in [0.1, 0.15) is 22.4 Å². The van der Waals surface area contributed by atoms with Crippen LogP contribution in [0.4, 0.5) is 0 Å². The van der Waals surface area contributed by atoms with Crippen molar-refractivity contribution in [1.29, 1.82) is 0 Å². The highest BCUT2D eigenvalue weighted by Crippen LogP contribution is 2.24. The zero-order valence-electron chi connectivity index (χ0n) is 15.8. The third-order valence-electron chi connectivity index (χ3n) is 4.24. The van der Waals surface area contributed by atoms with Crippen molar-refractivity contribution in [3.63, 3.8) is 0 Å². The molecule has 1 aromatic carbocycles. The number of rotatable bonds is 5. The van der Waals surface area contributed by atoms with Gasteiger partial charge < -0.3 is 4.57 Å². The van der Waals surface area contributed by atoms with Crippen LogP contribution in [0, 0.1) is 20.8 Å². The Labute approximate surface area is 167 Å². The Kier molecular flexibility index (Phi) is 5.75. The number of hydrazone groups is 1. The zero-order valence-corrected chi connectivity index (χ0v) is 16.6. The van der Waals surface area contributed by atoms with Gasteiger partial charge in [-0.25, -0.2) is 10.1 Å². The number of aryl methyl sites for hydroxylation is 3. The molecule has 0 aliphatic heterocycles. The Hall–Kier alpha value is -3.19. The van der Waals surface area contributed by atoms with Crippen molar-refractivity contribution in [2.24, 2.45) is 5.10 Å². The summed E-state index contributed by atoms with van der Waals surface area (Å²) in [5.74, 6) is -0.416. The van der Waals surface area contributed by atoms with Crippen LogP contribution >= 0.6 is 11.6 Å². The molecule has 8 heteroatoms. The fourth-order valence-corrected chi connectivity index (χ4v) is 3.03. The predicted octanol–water partition coefficient (Wildman–Crippen LogP) is 2.76. The Bertz CT molecular complexity index is 1110. The number of pyridine rings is 1. The quantitative estimate of drug-likeness (QED) is 0.531. The molecule has 7 nitrogen and oxygen atoms in total. The average molecular weight is 398 g/mol. The lowest BCUT2D eigenvalue weighted by Crippen LogP contribution is -2.29. The predicted molar refractivity (Wildman–Crippen MR) is 109 cm³/mol.